The van der Waals surface area contributed by atoms with Crippen LogP contribution in [-0.2, 0) is 4.79 Å². The van der Waals surface area contributed by atoms with Crippen molar-refractivity contribution in [2.45, 2.75) is 83.1 Å². The van der Waals surface area contributed by atoms with Gasteiger partial charge in [0.25, 0.3) is 0 Å². The molecule has 0 saturated carbocycles. The van der Waals surface area contributed by atoms with Crippen LogP contribution in [0.3, 0.4) is 0 Å². The van der Waals surface area contributed by atoms with Crippen LogP contribution in [0.2, 0.25) is 0 Å². The first-order valence-electron chi connectivity index (χ1n) is 12.1. The monoisotopic (exact) mass is 1130 g/mol. The predicted octanol–water partition coefficient (Wildman–Crippen LogP) is -0.271. The average molecular weight is 1140 g/mol. The number of nitrogens with zero attached hydrogens (tertiary/aromatic N) is 2. The number of benzene rings is 1. The molecule has 0 fully saturated rings. The van der Waals surface area contributed by atoms with Gasteiger partial charge in [-0.1, -0.05) is 49.3 Å². The maximum absolute atomic E-state index is 10.00. The van der Waals surface area contributed by atoms with Gasteiger partial charge in [0.1, 0.15) is 0 Å². The third kappa shape index (κ3) is 32.9. The van der Waals surface area contributed by atoms with Crippen LogP contribution in [-0.4, -0.2) is 77.0 Å². The second-order valence-corrected chi connectivity index (χ2v) is 8.29. The van der Waals surface area contributed by atoms with Crippen molar-refractivity contribution in [1.82, 2.24) is 0 Å². The van der Waals surface area contributed by atoms with E-state index in [1.807, 2.05) is 12.2 Å². The van der Waals surface area contributed by atoms with Crippen LogP contribution in [0.25, 0.3) is 22.8 Å². The summed E-state index contributed by atoms with van der Waals surface area (Å²) >= 11 is 0. The van der Waals surface area contributed by atoms with Crippen LogP contribution in [0.4, 0.5) is 11.4 Å². The van der Waals surface area contributed by atoms with Crippen molar-refractivity contribution >= 4 is 29.5 Å². The Balaban J connectivity index is -0.0000000847. The number of fused-ring (bicyclic) bond motifs is 3. The molecular weight excluding hydrogens is 1090 g/mol. The Morgan fingerprint density at radius 1 is 0.581 bits per heavy atom. The van der Waals surface area contributed by atoms with Crippen molar-refractivity contribution in [1.29, 1.82) is 0 Å². The number of hydrogen-bond acceptors (Lipinski definition) is 7. The Morgan fingerprint density at radius 2 is 0.907 bits per heavy atom. The third-order valence-corrected chi connectivity index (χ3v) is 5.12. The molecule has 0 aliphatic carbocycles. The van der Waals surface area contributed by atoms with Crippen LogP contribution in [0.5, 0.6) is 0 Å². The molecule has 13 N–H and O–H groups in total. The van der Waals surface area contributed by atoms with E-state index in [1.165, 1.54) is 0 Å². The van der Waals surface area contributed by atoms with Crippen LogP contribution in [0, 0.1) is 163 Å². The number of rotatable bonds is 12. The molecule has 0 atom stereocenters. The van der Waals surface area contributed by atoms with E-state index in [4.69, 9.17) is 35.7 Å². The van der Waals surface area contributed by atoms with Crippen LogP contribution < -0.4 is 10.4 Å². The van der Waals surface area contributed by atoms with Gasteiger partial charge >= 0.3 is 5.97 Å². The van der Waals surface area contributed by atoms with Gasteiger partial charge in [-0.05, 0) is 55.4 Å². The minimum atomic E-state index is -1.25. The Labute approximate surface area is 383 Å². The molecule has 0 saturated heterocycles. The summed E-state index contributed by atoms with van der Waals surface area (Å²) in [6.07, 6.45) is 13.4. The Kier molecular flexibility index (Phi) is 55.2. The van der Waals surface area contributed by atoms with E-state index >= 15 is 0 Å². The standard InChI is InChI=1S/C12H8N2.C7H16O4.C7H14O4.4Nd.3H2O/c1-3-9-5-6-10-4-2-8-14-12(10)11(9)13-7-1;2*8-6(9)4-2-1-3-5-7(10)11;;;;;;;/h1-8H;6-11H,1-5H2;6,8-9H,1-5H2,(H,10,11);;;;;3*1H2/q-2;;;;;;;;;. The minimum absolute atomic E-state index is 0. The van der Waals surface area contributed by atoms with Crippen molar-refractivity contribution in [2.75, 3.05) is 0 Å². The van der Waals surface area contributed by atoms with Crippen LogP contribution in [0.1, 0.15) is 64.2 Å². The molecule has 2 heterocycles. The number of carbonyl (C=O) groups is 1. The summed E-state index contributed by atoms with van der Waals surface area (Å²) in [4.78, 5) is 10.00. The number of aliphatic hydroxyl groups excluding tert-OH is 3. The van der Waals surface area contributed by atoms with Crippen molar-refractivity contribution in [3.05, 3.63) is 57.8 Å². The molecule has 0 amide bonds. The number of carboxylic acid groups (broad SMARTS) is 1. The zero-order chi connectivity index (χ0) is 26.8. The number of aliphatic carboxylic acids is 1. The van der Waals surface area contributed by atoms with Crippen molar-refractivity contribution in [3.8, 4) is 0 Å². The molecule has 13 nitrogen and oxygen atoms in total. The van der Waals surface area contributed by atoms with Crippen molar-refractivity contribution in [2.24, 2.45) is 0 Å². The number of carboxylic acids is 1. The van der Waals surface area contributed by atoms with Gasteiger partial charge in [-0.25, -0.2) is 0 Å². The predicted molar refractivity (Wildman–Crippen MR) is 148 cm³/mol. The van der Waals surface area contributed by atoms with Crippen LogP contribution in [0.15, 0.2) is 36.7 Å². The Morgan fingerprint density at radius 3 is 1.21 bits per heavy atom. The van der Waals surface area contributed by atoms with E-state index in [-0.39, 0.29) is 186 Å². The molecule has 242 valence electrons. The number of unbranched alkanes of at least 4 members (excludes halogenated alkanes) is 4. The Hall–Kier alpha value is 2.55. The van der Waals surface area contributed by atoms with Crippen molar-refractivity contribution in [3.63, 3.8) is 0 Å². The molecular formula is C26H44N2Nd4O11-2. The number of hydrogen-bond donors (Lipinski definition) is 7. The first-order valence-corrected chi connectivity index (χ1v) is 12.1. The van der Waals surface area contributed by atoms with Gasteiger partial charge < -0.3 is 62.8 Å². The van der Waals surface area contributed by atoms with E-state index in [1.54, 1.807) is 12.4 Å². The SMILES string of the molecule is C1=C[N-]c2c3c(ccc2=C1)=CC=C[N-]3.O.O.O.O=C(O)CCCCCC(O)O.OC(O)CCCCCC(O)O.[Nd].[Nd].[Nd].[Nd]. The van der Waals surface area contributed by atoms with E-state index in [9.17, 15) is 4.79 Å². The second kappa shape index (κ2) is 39.0. The van der Waals surface area contributed by atoms with E-state index in [2.05, 4.69) is 34.9 Å². The fourth-order valence-electron chi connectivity index (χ4n) is 3.29. The molecule has 43 heavy (non-hydrogen) atoms. The number of allylic oxidation sites excluding steroid dienone is 2. The molecule has 2 aliphatic rings. The molecule has 1 aromatic rings. The van der Waals surface area contributed by atoms with Gasteiger partial charge in [0.05, 0.1) is 0 Å². The fourth-order valence-corrected chi connectivity index (χ4v) is 3.29. The summed E-state index contributed by atoms with van der Waals surface area (Å²) in [6, 6.07) is 4.15. The zero-order valence-corrected chi connectivity index (χ0v) is 36.7. The summed E-state index contributed by atoms with van der Waals surface area (Å²) in [5, 5.41) is 69.7. The molecule has 0 bridgehead atoms. The third-order valence-electron chi connectivity index (χ3n) is 5.12. The first-order chi connectivity index (χ1) is 17.2. The largest absolute Gasteiger partial charge is 0.665 e. The van der Waals surface area contributed by atoms with Crippen LogP contribution >= 0.6 is 0 Å². The second-order valence-electron chi connectivity index (χ2n) is 8.29. The van der Waals surface area contributed by atoms with E-state index < -0.39 is 24.8 Å². The summed E-state index contributed by atoms with van der Waals surface area (Å²) in [6.45, 7) is 0. The first kappa shape index (κ1) is 60.8. The number of aliphatic hydroxyl groups is 6. The topological polar surface area (TPSA) is 281 Å². The smallest absolute Gasteiger partial charge is 0.303 e. The van der Waals surface area contributed by atoms with E-state index in [0.29, 0.717) is 44.9 Å². The van der Waals surface area contributed by atoms with Gasteiger partial charge in [0.15, 0.2) is 18.9 Å². The minimum Gasteiger partial charge on any atom is -0.665 e. The van der Waals surface area contributed by atoms with Gasteiger partial charge in [-0.2, -0.15) is 12.4 Å². The zero-order valence-electron chi connectivity index (χ0n) is 23.9. The Bertz CT molecular complexity index is 906. The molecule has 17 heteroatoms. The molecule has 2 aliphatic heterocycles. The fraction of sp³-hybridized carbons (Fsp3) is 0.500. The molecule has 3 rings (SSSR count). The molecule has 1 aromatic carbocycles. The molecule has 0 radical (unpaired) electrons. The van der Waals surface area contributed by atoms with Gasteiger partial charge in [-0.15, -0.1) is 11.4 Å². The summed E-state index contributed by atoms with van der Waals surface area (Å²) in [7, 11) is 0. The average Bonchev–Trinajstić information content (AvgIpc) is 2.83. The van der Waals surface area contributed by atoms with Gasteiger partial charge in [0, 0.05) is 170 Å². The van der Waals surface area contributed by atoms with Crippen molar-refractivity contribution < 1.29 is 220 Å². The van der Waals surface area contributed by atoms with Gasteiger partial charge in [0.2, 0.25) is 0 Å². The molecule has 0 aromatic heterocycles. The molecule has 0 unspecified atom stereocenters. The van der Waals surface area contributed by atoms with E-state index in [0.717, 1.165) is 34.7 Å². The summed E-state index contributed by atoms with van der Waals surface area (Å²) in [5.74, 6) is -0.797. The quantitative estimate of drug-likeness (QED) is 0.108. The summed E-state index contributed by atoms with van der Waals surface area (Å²) < 4.78 is 0. The molecule has 0 spiro atoms. The summed E-state index contributed by atoms with van der Waals surface area (Å²) in [5.41, 5.74) is 1.95. The normalized spacial score (nSPS) is 10.6. The van der Waals surface area contributed by atoms with Gasteiger partial charge in [-0.3, -0.25) is 4.79 Å². The maximum Gasteiger partial charge on any atom is 0.303 e. The maximum atomic E-state index is 10.00.